The van der Waals surface area contributed by atoms with Crippen LogP contribution in [-0.4, -0.2) is 14.9 Å². The van der Waals surface area contributed by atoms with Crippen LogP contribution in [0.5, 0.6) is 0 Å². The summed E-state index contributed by atoms with van der Waals surface area (Å²) < 4.78 is 26.4. The zero-order valence-corrected chi connectivity index (χ0v) is 14.3. The molecule has 0 aliphatic heterocycles. The summed E-state index contributed by atoms with van der Waals surface area (Å²) in [6, 6.07) is 10.5. The lowest BCUT2D eigenvalue weighted by Gasteiger charge is -2.09. The molecule has 1 heterocycles. The van der Waals surface area contributed by atoms with Crippen molar-refractivity contribution in [3.05, 3.63) is 76.1 Å². The maximum absolute atomic E-state index is 13.4. The Hall–Kier alpha value is -3.07. The van der Waals surface area contributed by atoms with E-state index in [-0.39, 0.29) is 22.2 Å². The van der Waals surface area contributed by atoms with Gasteiger partial charge in [0.25, 0.3) is 0 Å². The smallest absolute Gasteiger partial charge is 0.334 e. The van der Waals surface area contributed by atoms with Gasteiger partial charge in [-0.3, -0.25) is 10.1 Å². The molecule has 1 N–H and O–H groups in total. The van der Waals surface area contributed by atoms with Gasteiger partial charge < -0.3 is 5.32 Å². The SMILES string of the molecule is Cc1ccc(Sc2ncnc(Nc3ccc(F)c(F)c3)c2[N+](=O)[O-])cc1. The Labute approximate surface area is 151 Å². The first kappa shape index (κ1) is 17.7. The van der Waals surface area contributed by atoms with Crippen molar-refractivity contribution in [2.45, 2.75) is 16.8 Å². The highest BCUT2D eigenvalue weighted by atomic mass is 32.2. The lowest BCUT2D eigenvalue weighted by molar-refractivity contribution is -0.387. The van der Waals surface area contributed by atoms with Crippen molar-refractivity contribution < 1.29 is 13.7 Å². The van der Waals surface area contributed by atoms with Gasteiger partial charge in [-0.25, -0.2) is 18.7 Å². The fraction of sp³-hybridized carbons (Fsp3) is 0.0588. The van der Waals surface area contributed by atoms with Gasteiger partial charge in [-0.2, -0.15) is 0 Å². The molecule has 0 fully saturated rings. The topological polar surface area (TPSA) is 81.0 Å². The minimum absolute atomic E-state index is 0.106. The van der Waals surface area contributed by atoms with Crippen LogP contribution in [0.4, 0.5) is 26.0 Å². The van der Waals surface area contributed by atoms with Gasteiger partial charge in [0, 0.05) is 16.6 Å². The molecule has 6 nitrogen and oxygen atoms in total. The third-order valence-electron chi connectivity index (χ3n) is 3.39. The number of nitrogens with zero attached hydrogens (tertiary/aromatic N) is 3. The van der Waals surface area contributed by atoms with Crippen molar-refractivity contribution in [2.24, 2.45) is 0 Å². The summed E-state index contributed by atoms with van der Waals surface area (Å²) in [4.78, 5) is 19.6. The van der Waals surface area contributed by atoms with E-state index in [9.17, 15) is 18.9 Å². The highest BCUT2D eigenvalue weighted by Crippen LogP contribution is 2.37. The molecule has 0 aliphatic carbocycles. The minimum Gasteiger partial charge on any atom is -0.334 e. The van der Waals surface area contributed by atoms with Crippen LogP contribution in [0.15, 0.2) is 58.7 Å². The molecule has 1 aromatic heterocycles. The van der Waals surface area contributed by atoms with E-state index in [1.807, 2.05) is 31.2 Å². The highest BCUT2D eigenvalue weighted by molar-refractivity contribution is 7.99. The molecule has 3 rings (SSSR count). The van der Waals surface area contributed by atoms with Gasteiger partial charge >= 0.3 is 5.69 Å². The predicted molar refractivity (Wildman–Crippen MR) is 93.6 cm³/mol. The predicted octanol–water partition coefficient (Wildman–Crippen LogP) is 4.87. The summed E-state index contributed by atoms with van der Waals surface area (Å²) in [5.74, 6) is -2.19. The van der Waals surface area contributed by atoms with Gasteiger partial charge in [-0.05, 0) is 31.2 Å². The van der Waals surface area contributed by atoms with E-state index < -0.39 is 16.6 Å². The van der Waals surface area contributed by atoms with Crippen LogP contribution in [0.25, 0.3) is 0 Å². The van der Waals surface area contributed by atoms with Gasteiger partial charge in [0.15, 0.2) is 16.7 Å². The quantitative estimate of drug-likeness (QED) is 0.390. The number of hydrogen-bond donors (Lipinski definition) is 1. The van der Waals surface area contributed by atoms with E-state index in [4.69, 9.17) is 0 Å². The fourth-order valence-corrected chi connectivity index (χ4v) is 2.99. The van der Waals surface area contributed by atoms with E-state index in [0.29, 0.717) is 0 Å². The first-order valence-electron chi connectivity index (χ1n) is 7.40. The normalized spacial score (nSPS) is 10.6. The van der Waals surface area contributed by atoms with Crippen LogP contribution in [0.3, 0.4) is 0 Å². The summed E-state index contributed by atoms with van der Waals surface area (Å²) >= 11 is 1.11. The van der Waals surface area contributed by atoms with Gasteiger partial charge in [-0.15, -0.1) is 0 Å². The Bertz CT molecular complexity index is 967. The number of halogens is 2. The molecule has 0 amide bonds. The number of hydrogen-bond acceptors (Lipinski definition) is 6. The molecular formula is C17H12F2N4O2S. The molecule has 0 atom stereocenters. The summed E-state index contributed by atoms with van der Waals surface area (Å²) in [6.45, 7) is 1.94. The zero-order valence-electron chi connectivity index (χ0n) is 13.4. The van der Waals surface area contributed by atoms with Crippen LogP contribution in [0, 0.1) is 28.7 Å². The monoisotopic (exact) mass is 374 g/mol. The third-order valence-corrected chi connectivity index (χ3v) is 4.39. The van der Waals surface area contributed by atoms with E-state index in [1.54, 1.807) is 0 Å². The molecule has 0 saturated heterocycles. The Morgan fingerprint density at radius 1 is 1.08 bits per heavy atom. The fourth-order valence-electron chi connectivity index (χ4n) is 2.12. The molecular weight excluding hydrogens is 362 g/mol. The lowest BCUT2D eigenvalue weighted by Crippen LogP contribution is -2.03. The molecule has 132 valence electrons. The number of aromatic nitrogens is 2. The van der Waals surface area contributed by atoms with Gasteiger partial charge in [0.05, 0.1) is 4.92 Å². The maximum Gasteiger partial charge on any atom is 0.343 e. The molecule has 0 bridgehead atoms. The summed E-state index contributed by atoms with van der Waals surface area (Å²) in [5, 5.41) is 14.3. The molecule has 0 radical (unpaired) electrons. The second-order valence-corrected chi connectivity index (χ2v) is 6.36. The van der Waals surface area contributed by atoms with Crippen molar-refractivity contribution in [3.8, 4) is 0 Å². The molecule has 0 unspecified atom stereocenters. The van der Waals surface area contributed by atoms with Crippen LogP contribution >= 0.6 is 11.8 Å². The zero-order chi connectivity index (χ0) is 18.7. The van der Waals surface area contributed by atoms with E-state index >= 15 is 0 Å². The molecule has 2 aromatic carbocycles. The van der Waals surface area contributed by atoms with E-state index in [2.05, 4.69) is 15.3 Å². The van der Waals surface area contributed by atoms with Gasteiger partial charge in [0.2, 0.25) is 5.82 Å². The molecule has 0 saturated carbocycles. The Morgan fingerprint density at radius 3 is 2.46 bits per heavy atom. The molecule has 3 aromatic rings. The number of rotatable bonds is 5. The largest absolute Gasteiger partial charge is 0.343 e. The standard InChI is InChI=1S/C17H12F2N4O2S/c1-10-2-5-12(6-3-10)26-17-15(23(24)25)16(20-9-21-17)22-11-4-7-13(18)14(19)8-11/h2-9H,1H3,(H,20,21,22). The van der Waals surface area contributed by atoms with E-state index in [1.165, 1.54) is 12.4 Å². The van der Waals surface area contributed by atoms with Gasteiger partial charge in [0.1, 0.15) is 6.33 Å². The van der Waals surface area contributed by atoms with Crippen LogP contribution in [0.2, 0.25) is 0 Å². The summed E-state index contributed by atoms with van der Waals surface area (Å²) in [5.41, 5.74) is 0.854. The Morgan fingerprint density at radius 2 is 1.81 bits per heavy atom. The van der Waals surface area contributed by atoms with Crippen LogP contribution in [0.1, 0.15) is 5.56 Å². The maximum atomic E-state index is 13.4. The second-order valence-electron chi connectivity index (χ2n) is 5.30. The second kappa shape index (κ2) is 7.44. The first-order chi connectivity index (χ1) is 12.4. The summed E-state index contributed by atoms with van der Waals surface area (Å²) in [7, 11) is 0. The van der Waals surface area contributed by atoms with Crippen molar-refractivity contribution in [1.82, 2.24) is 9.97 Å². The third kappa shape index (κ3) is 3.94. The van der Waals surface area contributed by atoms with E-state index in [0.717, 1.165) is 34.4 Å². The van der Waals surface area contributed by atoms with Gasteiger partial charge in [-0.1, -0.05) is 29.5 Å². The number of nitro groups is 1. The number of aryl methyl sites for hydroxylation is 1. The minimum atomic E-state index is -1.07. The number of nitrogens with one attached hydrogen (secondary N) is 1. The molecule has 9 heteroatoms. The van der Waals surface area contributed by atoms with Crippen LogP contribution in [-0.2, 0) is 0 Å². The average Bonchev–Trinajstić information content (AvgIpc) is 2.60. The molecule has 0 spiro atoms. The molecule has 0 aliphatic rings. The van der Waals surface area contributed by atoms with Crippen molar-refractivity contribution in [2.75, 3.05) is 5.32 Å². The lowest BCUT2D eigenvalue weighted by atomic mass is 10.2. The van der Waals surface area contributed by atoms with Crippen molar-refractivity contribution in [1.29, 1.82) is 0 Å². The van der Waals surface area contributed by atoms with Crippen LogP contribution < -0.4 is 5.32 Å². The number of anilines is 2. The Kier molecular flexibility index (Phi) is 5.08. The Balaban J connectivity index is 1.96. The number of benzene rings is 2. The first-order valence-corrected chi connectivity index (χ1v) is 8.21. The summed E-state index contributed by atoms with van der Waals surface area (Å²) in [6.07, 6.45) is 1.17. The van der Waals surface area contributed by atoms with Crippen molar-refractivity contribution >= 4 is 29.0 Å². The average molecular weight is 374 g/mol. The molecule has 26 heavy (non-hydrogen) atoms. The van der Waals surface area contributed by atoms with Crippen molar-refractivity contribution in [3.63, 3.8) is 0 Å². The highest BCUT2D eigenvalue weighted by Gasteiger charge is 2.24.